The fourth-order valence-corrected chi connectivity index (χ4v) is 2.27. The Morgan fingerprint density at radius 1 is 1.50 bits per heavy atom. The van der Waals surface area contributed by atoms with Gasteiger partial charge in [-0.2, -0.15) is 0 Å². The molecule has 0 unspecified atom stereocenters. The summed E-state index contributed by atoms with van der Waals surface area (Å²) in [6.07, 6.45) is 0. The van der Waals surface area contributed by atoms with Gasteiger partial charge in [-0.25, -0.2) is 8.42 Å². The third-order valence-electron chi connectivity index (χ3n) is 1.81. The lowest BCUT2D eigenvalue weighted by atomic mass is 10.3. The number of hydrogen-bond acceptors (Lipinski definition) is 4. The van der Waals surface area contributed by atoms with Crippen LogP contribution in [0.4, 0.5) is 5.69 Å². The van der Waals surface area contributed by atoms with Gasteiger partial charge in [-0.15, -0.1) is 0 Å². The van der Waals surface area contributed by atoms with Crippen LogP contribution in [0.1, 0.15) is 0 Å². The second kappa shape index (κ2) is 5.38. The average molecular weight is 265 g/mol. The predicted molar refractivity (Wildman–Crippen MR) is 64.5 cm³/mol. The summed E-state index contributed by atoms with van der Waals surface area (Å²) in [6, 6.07) is 4.63. The van der Waals surface area contributed by atoms with Crippen LogP contribution in [0.3, 0.4) is 0 Å². The molecule has 0 atom stereocenters. The molecule has 0 aliphatic rings. The summed E-state index contributed by atoms with van der Waals surface area (Å²) in [5.41, 5.74) is 5.57. The lowest BCUT2D eigenvalue weighted by Gasteiger charge is -2.08. The molecule has 0 heterocycles. The van der Waals surface area contributed by atoms with Gasteiger partial charge in [0, 0.05) is 6.54 Å². The Bertz CT molecular complexity index is 462. The molecule has 0 saturated carbocycles. The zero-order chi connectivity index (χ0) is 12.2. The van der Waals surface area contributed by atoms with E-state index >= 15 is 0 Å². The van der Waals surface area contributed by atoms with Crippen LogP contribution in [0.25, 0.3) is 0 Å². The fourth-order valence-electron chi connectivity index (χ4n) is 1.12. The van der Waals surface area contributed by atoms with Crippen LogP contribution in [0.5, 0.6) is 5.75 Å². The molecule has 0 aliphatic heterocycles. The Hall–Kier alpha value is -0.980. The van der Waals surface area contributed by atoms with E-state index in [0.717, 1.165) is 0 Å². The number of rotatable bonds is 5. The van der Waals surface area contributed by atoms with Crippen molar-refractivity contribution in [3.05, 3.63) is 23.2 Å². The maximum absolute atomic E-state index is 11.4. The van der Waals surface area contributed by atoms with Crippen molar-refractivity contribution in [3.8, 4) is 5.75 Å². The Morgan fingerprint density at radius 3 is 2.69 bits per heavy atom. The smallest absolute Gasteiger partial charge is 0.233 e. The Labute approximate surface area is 99.6 Å². The fraction of sp³-hybridized carbons (Fsp3) is 0.333. The normalized spacial score (nSPS) is 11.2. The number of methoxy groups -OCH3 is 1. The van der Waals surface area contributed by atoms with E-state index in [4.69, 9.17) is 22.1 Å². The molecule has 1 aromatic rings. The van der Waals surface area contributed by atoms with Crippen molar-refractivity contribution in [3.63, 3.8) is 0 Å². The third kappa shape index (κ3) is 3.55. The van der Waals surface area contributed by atoms with E-state index in [0.29, 0.717) is 16.5 Å². The molecule has 1 rings (SSSR count). The van der Waals surface area contributed by atoms with Gasteiger partial charge in [0.15, 0.2) is 0 Å². The molecule has 16 heavy (non-hydrogen) atoms. The molecule has 7 heteroatoms. The molecule has 90 valence electrons. The van der Waals surface area contributed by atoms with Gasteiger partial charge in [-0.05, 0) is 18.2 Å². The zero-order valence-corrected chi connectivity index (χ0v) is 10.3. The zero-order valence-electron chi connectivity index (χ0n) is 8.73. The molecule has 5 nitrogen and oxygen atoms in total. The van der Waals surface area contributed by atoms with Gasteiger partial charge in [0.25, 0.3) is 0 Å². The second-order valence-corrected chi connectivity index (χ2v) is 5.31. The third-order valence-corrected chi connectivity index (χ3v) is 3.43. The lowest BCUT2D eigenvalue weighted by molar-refractivity contribution is 0.415. The number of anilines is 1. The first-order valence-corrected chi connectivity index (χ1v) is 6.55. The van der Waals surface area contributed by atoms with E-state index in [1.807, 2.05) is 0 Å². The molecular formula is C9H13ClN2O3S. The minimum atomic E-state index is -3.40. The van der Waals surface area contributed by atoms with Gasteiger partial charge < -0.3 is 10.5 Å². The van der Waals surface area contributed by atoms with Crippen LogP contribution >= 0.6 is 11.6 Å². The van der Waals surface area contributed by atoms with E-state index in [1.165, 1.54) is 13.2 Å². The topological polar surface area (TPSA) is 81.4 Å². The van der Waals surface area contributed by atoms with Crippen molar-refractivity contribution < 1.29 is 13.2 Å². The molecule has 0 fully saturated rings. The quantitative estimate of drug-likeness (QED) is 0.833. The first-order valence-electron chi connectivity index (χ1n) is 4.52. The number of ether oxygens (including phenoxy) is 1. The summed E-state index contributed by atoms with van der Waals surface area (Å²) in [6.45, 7) is 0.0687. The van der Waals surface area contributed by atoms with Crippen molar-refractivity contribution in [2.45, 2.75) is 0 Å². The molecule has 1 aromatic carbocycles. The highest BCUT2D eigenvalue weighted by Gasteiger charge is 2.10. The van der Waals surface area contributed by atoms with Gasteiger partial charge in [-0.3, -0.25) is 4.72 Å². The first kappa shape index (κ1) is 13.1. The van der Waals surface area contributed by atoms with Crippen LogP contribution in [0.2, 0.25) is 5.02 Å². The van der Waals surface area contributed by atoms with Crippen LogP contribution in [0, 0.1) is 0 Å². The minimum absolute atomic E-state index is 0.0687. The van der Waals surface area contributed by atoms with Crippen LogP contribution in [-0.2, 0) is 10.0 Å². The summed E-state index contributed by atoms with van der Waals surface area (Å²) in [5, 5.41) is 0.343. The molecule has 0 aromatic heterocycles. The highest BCUT2D eigenvalue weighted by Crippen LogP contribution is 2.27. The predicted octanol–water partition coefficient (Wildman–Crippen LogP) is 1.05. The van der Waals surface area contributed by atoms with Crippen LogP contribution < -0.4 is 15.2 Å². The average Bonchev–Trinajstić information content (AvgIpc) is 2.17. The number of nitrogens with two attached hydrogens (primary N) is 1. The summed E-state index contributed by atoms with van der Waals surface area (Å²) in [5.74, 6) is 0.361. The van der Waals surface area contributed by atoms with Crippen molar-refractivity contribution >= 4 is 27.3 Å². The van der Waals surface area contributed by atoms with E-state index in [2.05, 4.69) is 4.72 Å². The molecule has 3 N–H and O–H groups in total. The van der Waals surface area contributed by atoms with E-state index in [-0.39, 0.29) is 12.3 Å². The van der Waals surface area contributed by atoms with Gasteiger partial charge in [0.2, 0.25) is 10.0 Å². The number of nitrogens with one attached hydrogen (secondary N) is 1. The van der Waals surface area contributed by atoms with Crippen LogP contribution in [-0.4, -0.2) is 27.8 Å². The Balaban J connectivity index is 2.87. The Kier molecular flexibility index (Phi) is 4.40. The SMILES string of the molecule is COc1ccc(NS(=O)(=O)CCN)cc1Cl. The van der Waals surface area contributed by atoms with E-state index < -0.39 is 10.0 Å². The first-order chi connectivity index (χ1) is 7.48. The maximum atomic E-state index is 11.4. The molecule has 0 aliphatic carbocycles. The molecular weight excluding hydrogens is 252 g/mol. The van der Waals surface area contributed by atoms with Gasteiger partial charge in [0.05, 0.1) is 23.6 Å². The van der Waals surface area contributed by atoms with Gasteiger partial charge in [-0.1, -0.05) is 11.6 Å². The standard InChI is InChI=1S/C9H13ClN2O3S/c1-15-9-3-2-7(6-8(9)10)12-16(13,14)5-4-11/h2-3,6,12H,4-5,11H2,1H3. The molecule has 0 amide bonds. The van der Waals surface area contributed by atoms with Crippen molar-refractivity contribution in [2.24, 2.45) is 5.73 Å². The number of hydrogen-bond donors (Lipinski definition) is 2. The van der Waals surface area contributed by atoms with Crippen LogP contribution in [0.15, 0.2) is 18.2 Å². The highest BCUT2D eigenvalue weighted by atomic mass is 35.5. The summed E-state index contributed by atoms with van der Waals surface area (Å²) < 4.78 is 30.1. The summed E-state index contributed by atoms with van der Waals surface area (Å²) >= 11 is 5.85. The summed E-state index contributed by atoms with van der Waals surface area (Å²) in [7, 11) is -1.91. The van der Waals surface area contributed by atoms with Crippen molar-refractivity contribution in [2.75, 3.05) is 24.1 Å². The maximum Gasteiger partial charge on any atom is 0.233 e. The van der Waals surface area contributed by atoms with Gasteiger partial charge >= 0.3 is 0 Å². The second-order valence-electron chi connectivity index (χ2n) is 3.06. The molecule has 0 bridgehead atoms. The van der Waals surface area contributed by atoms with Gasteiger partial charge in [0.1, 0.15) is 5.75 Å². The minimum Gasteiger partial charge on any atom is -0.495 e. The molecule has 0 radical (unpaired) electrons. The number of halogens is 1. The largest absolute Gasteiger partial charge is 0.495 e. The molecule has 0 spiro atoms. The monoisotopic (exact) mass is 264 g/mol. The van der Waals surface area contributed by atoms with Crippen molar-refractivity contribution in [1.82, 2.24) is 0 Å². The number of benzene rings is 1. The van der Waals surface area contributed by atoms with E-state index in [1.54, 1.807) is 12.1 Å². The Morgan fingerprint density at radius 2 is 2.19 bits per heavy atom. The van der Waals surface area contributed by atoms with Crippen molar-refractivity contribution in [1.29, 1.82) is 0 Å². The molecule has 0 saturated heterocycles. The summed E-state index contributed by atoms with van der Waals surface area (Å²) in [4.78, 5) is 0. The highest BCUT2D eigenvalue weighted by molar-refractivity contribution is 7.92. The lowest BCUT2D eigenvalue weighted by Crippen LogP contribution is -2.22. The number of sulfonamides is 1. The van der Waals surface area contributed by atoms with E-state index in [9.17, 15) is 8.42 Å².